The first-order chi connectivity index (χ1) is 9.70. The first kappa shape index (κ1) is 16.3. The highest BCUT2D eigenvalue weighted by molar-refractivity contribution is 6.29. The van der Waals surface area contributed by atoms with Crippen LogP contribution < -0.4 is 0 Å². The molecule has 1 amide bonds. The van der Waals surface area contributed by atoms with Gasteiger partial charge in [-0.05, 0) is 45.2 Å². The summed E-state index contributed by atoms with van der Waals surface area (Å²) in [6, 6.07) is 4.15. The predicted molar refractivity (Wildman–Crippen MR) is 86.9 cm³/mol. The number of carbonyl (C=O) groups excluding carboxylic acids is 1. The maximum absolute atomic E-state index is 12.9. The number of hydrogen-bond donors (Lipinski definition) is 0. The van der Waals surface area contributed by atoms with Gasteiger partial charge in [0, 0.05) is 28.8 Å². The molecule has 4 heteroatoms. The standard InChI is InChI=1S/C17H25ClN2O/c1-11-7-6-8-12(2)20(11)16(21)13-9-14(17(3,4)5)19-15(18)10-13/h9-12H,6-8H2,1-5H3. The molecule has 0 spiro atoms. The highest BCUT2D eigenvalue weighted by atomic mass is 35.5. The summed E-state index contributed by atoms with van der Waals surface area (Å²) in [7, 11) is 0. The number of halogens is 1. The van der Waals surface area contributed by atoms with Crippen molar-refractivity contribution in [1.82, 2.24) is 9.88 Å². The normalized spacial score (nSPS) is 23.2. The molecule has 2 unspecified atom stereocenters. The quantitative estimate of drug-likeness (QED) is 0.719. The molecule has 3 nitrogen and oxygen atoms in total. The molecule has 2 rings (SSSR count). The lowest BCUT2D eigenvalue weighted by Crippen LogP contribution is -2.47. The molecule has 1 aliphatic heterocycles. The smallest absolute Gasteiger partial charge is 0.254 e. The van der Waals surface area contributed by atoms with Gasteiger partial charge in [0.25, 0.3) is 5.91 Å². The van der Waals surface area contributed by atoms with E-state index in [1.54, 1.807) is 6.07 Å². The molecule has 1 saturated heterocycles. The maximum atomic E-state index is 12.9. The zero-order chi connectivity index (χ0) is 15.8. The van der Waals surface area contributed by atoms with Gasteiger partial charge in [-0.2, -0.15) is 0 Å². The van der Waals surface area contributed by atoms with Gasteiger partial charge in [0.2, 0.25) is 0 Å². The van der Waals surface area contributed by atoms with Crippen molar-refractivity contribution in [3.63, 3.8) is 0 Å². The van der Waals surface area contributed by atoms with Crippen molar-refractivity contribution in [2.24, 2.45) is 0 Å². The largest absolute Gasteiger partial charge is 0.333 e. The van der Waals surface area contributed by atoms with Crippen molar-refractivity contribution in [3.8, 4) is 0 Å². The molecular formula is C17H25ClN2O. The Kier molecular flexibility index (Phi) is 4.62. The fraction of sp³-hybridized carbons (Fsp3) is 0.647. The third-order valence-electron chi connectivity index (χ3n) is 4.24. The molecule has 2 heterocycles. The number of aromatic nitrogens is 1. The molecule has 1 fully saturated rings. The number of amides is 1. The van der Waals surface area contributed by atoms with E-state index in [9.17, 15) is 4.79 Å². The first-order valence-corrected chi connectivity index (χ1v) is 8.08. The molecule has 1 aliphatic rings. The van der Waals surface area contributed by atoms with E-state index < -0.39 is 0 Å². The third-order valence-corrected chi connectivity index (χ3v) is 4.43. The van der Waals surface area contributed by atoms with Gasteiger partial charge in [-0.3, -0.25) is 4.79 Å². The van der Waals surface area contributed by atoms with Gasteiger partial charge in [0.15, 0.2) is 0 Å². The molecular weight excluding hydrogens is 284 g/mol. The predicted octanol–water partition coefficient (Wildman–Crippen LogP) is 4.44. The zero-order valence-corrected chi connectivity index (χ0v) is 14.4. The Morgan fingerprint density at radius 2 is 1.81 bits per heavy atom. The average Bonchev–Trinajstić information content (AvgIpc) is 2.36. The molecule has 21 heavy (non-hydrogen) atoms. The van der Waals surface area contributed by atoms with Crippen molar-refractivity contribution in [2.45, 2.75) is 71.4 Å². The number of carbonyl (C=O) groups is 1. The van der Waals surface area contributed by atoms with Crippen LogP contribution in [0.25, 0.3) is 0 Å². The van der Waals surface area contributed by atoms with Crippen LogP contribution in [-0.4, -0.2) is 27.9 Å². The second-order valence-corrected chi connectivity index (χ2v) is 7.54. The minimum absolute atomic E-state index is 0.0736. The van der Waals surface area contributed by atoms with Gasteiger partial charge >= 0.3 is 0 Å². The molecule has 0 bridgehead atoms. The molecule has 1 aromatic heterocycles. The van der Waals surface area contributed by atoms with Crippen LogP contribution in [0.4, 0.5) is 0 Å². The number of rotatable bonds is 1. The van der Waals surface area contributed by atoms with E-state index in [1.807, 2.05) is 11.0 Å². The Morgan fingerprint density at radius 1 is 1.24 bits per heavy atom. The Balaban J connectivity index is 2.37. The van der Waals surface area contributed by atoms with Gasteiger partial charge in [-0.25, -0.2) is 4.98 Å². The number of hydrogen-bond acceptors (Lipinski definition) is 2. The van der Waals surface area contributed by atoms with Gasteiger partial charge < -0.3 is 4.90 Å². The Morgan fingerprint density at radius 3 is 2.33 bits per heavy atom. The summed E-state index contributed by atoms with van der Waals surface area (Å²) in [6.45, 7) is 10.5. The van der Waals surface area contributed by atoms with E-state index in [4.69, 9.17) is 11.6 Å². The van der Waals surface area contributed by atoms with Gasteiger partial charge in [0.05, 0.1) is 0 Å². The van der Waals surface area contributed by atoms with E-state index in [2.05, 4.69) is 39.6 Å². The van der Waals surface area contributed by atoms with Crippen LogP contribution >= 0.6 is 11.6 Å². The minimum atomic E-state index is -0.126. The summed E-state index contributed by atoms with van der Waals surface area (Å²) in [5.74, 6) is 0.0736. The van der Waals surface area contributed by atoms with Crippen LogP contribution in [0, 0.1) is 0 Å². The summed E-state index contributed by atoms with van der Waals surface area (Å²) in [5, 5.41) is 0.392. The van der Waals surface area contributed by atoms with Crippen molar-refractivity contribution in [3.05, 3.63) is 28.5 Å². The van der Waals surface area contributed by atoms with E-state index in [0.717, 1.165) is 18.5 Å². The summed E-state index contributed by atoms with van der Waals surface area (Å²) in [6.07, 6.45) is 3.33. The van der Waals surface area contributed by atoms with E-state index in [1.165, 1.54) is 6.42 Å². The summed E-state index contributed by atoms with van der Waals surface area (Å²) in [5.41, 5.74) is 1.38. The minimum Gasteiger partial charge on any atom is -0.333 e. The average molecular weight is 309 g/mol. The molecule has 116 valence electrons. The number of piperidine rings is 1. The van der Waals surface area contributed by atoms with Crippen molar-refractivity contribution >= 4 is 17.5 Å². The van der Waals surface area contributed by atoms with Crippen molar-refractivity contribution in [1.29, 1.82) is 0 Å². The zero-order valence-electron chi connectivity index (χ0n) is 13.6. The Labute approximate surface area is 132 Å². The number of nitrogens with zero attached hydrogens (tertiary/aromatic N) is 2. The second kappa shape index (κ2) is 5.96. The molecule has 0 radical (unpaired) electrons. The first-order valence-electron chi connectivity index (χ1n) is 7.71. The number of pyridine rings is 1. The topological polar surface area (TPSA) is 33.2 Å². The van der Waals surface area contributed by atoms with Crippen LogP contribution in [0.2, 0.25) is 5.15 Å². The fourth-order valence-electron chi connectivity index (χ4n) is 2.98. The van der Waals surface area contributed by atoms with Gasteiger partial charge in [-0.1, -0.05) is 32.4 Å². The SMILES string of the molecule is CC1CCCC(C)N1C(=O)c1cc(Cl)nc(C(C)(C)C)c1. The fourth-order valence-corrected chi connectivity index (χ4v) is 3.18. The molecule has 0 saturated carbocycles. The summed E-state index contributed by atoms with van der Waals surface area (Å²) >= 11 is 6.13. The second-order valence-electron chi connectivity index (χ2n) is 7.16. The highest BCUT2D eigenvalue weighted by Crippen LogP contribution is 2.28. The molecule has 1 aromatic rings. The molecule has 0 N–H and O–H groups in total. The van der Waals surface area contributed by atoms with Crippen molar-refractivity contribution < 1.29 is 4.79 Å². The molecule has 0 aromatic carbocycles. The van der Waals surface area contributed by atoms with Crippen LogP contribution in [0.3, 0.4) is 0 Å². The Hall–Kier alpha value is -1.09. The molecule has 2 atom stereocenters. The van der Waals surface area contributed by atoms with Gasteiger partial charge in [-0.15, -0.1) is 0 Å². The highest BCUT2D eigenvalue weighted by Gasteiger charge is 2.30. The van der Waals surface area contributed by atoms with Crippen LogP contribution in [0.5, 0.6) is 0 Å². The van der Waals surface area contributed by atoms with E-state index in [0.29, 0.717) is 10.7 Å². The monoisotopic (exact) mass is 308 g/mol. The summed E-state index contributed by atoms with van der Waals surface area (Å²) < 4.78 is 0. The lowest BCUT2D eigenvalue weighted by molar-refractivity contribution is 0.0510. The van der Waals surface area contributed by atoms with Gasteiger partial charge in [0.1, 0.15) is 5.15 Å². The van der Waals surface area contributed by atoms with Crippen LogP contribution in [-0.2, 0) is 5.41 Å². The van der Waals surface area contributed by atoms with E-state index in [-0.39, 0.29) is 23.4 Å². The maximum Gasteiger partial charge on any atom is 0.254 e. The van der Waals surface area contributed by atoms with Crippen molar-refractivity contribution in [2.75, 3.05) is 0 Å². The van der Waals surface area contributed by atoms with E-state index >= 15 is 0 Å². The molecule has 0 aliphatic carbocycles. The number of likely N-dealkylation sites (tertiary alicyclic amines) is 1. The van der Waals surface area contributed by atoms with Crippen LogP contribution in [0.1, 0.15) is 69.9 Å². The lowest BCUT2D eigenvalue weighted by Gasteiger charge is -2.39. The third kappa shape index (κ3) is 3.57. The summed E-state index contributed by atoms with van der Waals surface area (Å²) in [4.78, 5) is 19.3. The Bertz CT molecular complexity index is 526. The lowest BCUT2D eigenvalue weighted by atomic mass is 9.90. The van der Waals surface area contributed by atoms with Crippen LogP contribution in [0.15, 0.2) is 12.1 Å².